The van der Waals surface area contributed by atoms with Crippen LogP contribution in [0, 0.1) is 0 Å². The first-order chi connectivity index (χ1) is 10.1. The lowest BCUT2D eigenvalue weighted by Crippen LogP contribution is -2.29. The summed E-state index contributed by atoms with van der Waals surface area (Å²) in [5.41, 5.74) is 0.773. The van der Waals surface area contributed by atoms with Crippen molar-refractivity contribution >= 4 is 17.6 Å². The number of carbonyl (C=O) groups is 1. The van der Waals surface area contributed by atoms with Crippen molar-refractivity contribution in [2.45, 2.75) is 12.5 Å². The van der Waals surface area contributed by atoms with Crippen LogP contribution >= 0.6 is 11.6 Å². The molecule has 110 valence electrons. The zero-order chi connectivity index (χ0) is 15.2. The average Bonchev–Trinajstić information content (AvgIpc) is 2.47. The smallest absolute Gasteiger partial charge is 0.345 e. The Morgan fingerprint density at radius 3 is 2.67 bits per heavy atom. The Bertz CT molecular complexity index is 627. The number of rotatable bonds is 6. The Morgan fingerprint density at radius 2 is 2.00 bits per heavy atom. The number of ether oxygens (including phenoxy) is 2. The van der Waals surface area contributed by atoms with Gasteiger partial charge in [0, 0.05) is 11.4 Å². The minimum atomic E-state index is -1.04. The maximum atomic E-state index is 11.4. The number of hydrogen-bond acceptors (Lipinski definition) is 3. The lowest BCUT2D eigenvalue weighted by Gasteiger charge is -2.17. The molecule has 0 unspecified atom stereocenters. The number of para-hydroxylation sites is 1. The van der Waals surface area contributed by atoms with Gasteiger partial charge in [0.15, 0.2) is 6.10 Å². The highest BCUT2D eigenvalue weighted by molar-refractivity contribution is 6.30. The van der Waals surface area contributed by atoms with Gasteiger partial charge in [-0.05, 0) is 29.8 Å². The molecule has 21 heavy (non-hydrogen) atoms. The van der Waals surface area contributed by atoms with Crippen molar-refractivity contribution in [2.24, 2.45) is 0 Å². The van der Waals surface area contributed by atoms with Crippen LogP contribution in [-0.4, -0.2) is 24.3 Å². The van der Waals surface area contributed by atoms with E-state index in [4.69, 9.17) is 21.1 Å². The van der Waals surface area contributed by atoms with Crippen LogP contribution in [0.5, 0.6) is 11.5 Å². The second-order valence-electron chi connectivity index (χ2n) is 4.42. The zero-order valence-electron chi connectivity index (χ0n) is 11.5. The van der Waals surface area contributed by atoms with Gasteiger partial charge in [-0.3, -0.25) is 0 Å². The number of carboxylic acid groups (broad SMARTS) is 1. The van der Waals surface area contributed by atoms with Crippen molar-refractivity contribution in [1.82, 2.24) is 0 Å². The van der Waals surface area contributed by atoms with Gasteiger partial charge in [-0.15, -0.1) is 0 Å². The molecule has 0 fully saturated rings. The molecule has 1 atom stereocenters. The number of benzene rings is 2. The van der Waals surface area contributed by atoms with Gasteiger partial charge in [-0.2, -0.15) is 0 Å². The second-order valence-corrected chi connectivity index (χ2v) is 4.85. The maximum absolute atomic E-state index is 11.4. The molecule has 2 rings (SSSR count). The summed E-state index contributed by atoms with van der Waals surface area (Å²) in [6.07, 6.45) is -0.814. The van der Waals surface area contributed by atoms with E-state index >= 15 is 0 Å². The largest absolute Gasteiger partial charge is 0.496 e. The predicted molar refractivity (Wildman–Crippen MR) is 80.2 cm³/mol. The molecule has 5 heteroatoms. The third kappa shape index (κ3) is 4.13. The van der Waals surface area contributed by atoms with Gasteiger partial charge >= 0.3 is 5.97 Å². The highest BCUT2D eigenvalue weighted by atomic mass is 35.5. The van der Waals surface area contributed by atoms with Gasteiger partial charge in [-0.1, -0.05) is 35.9 Å². The Morgan fingerprint density at radius 1 is 1.24 bits per heavy atom. The standard InChI is InChI=1S/C16H15ClO4/c1-20-14-8-3-2-5-11(14)9-15(16(18)19)21-13-7-4-6-12(17)10-13/h2-8,10,15H,9H2,1H3,(H,18,19)/t15-/m1/s1. The minimum absolute atomic E-state index is 0.200. The minimum Gasteiger partial charge on any atom is -0.496 e. The number of halogens is 1. The Balaban J connectivity index is 2.18. The van der Waals surface area contributed by atoms with Crippen LogP contribution in [0.4, 0.5) is 0 Å². The van der Waals surface area contributed by atoms with Crippen LogP contribution in [0.15, 0.2) is 48.5 Å². The molecule has 0 saturated heterocycles. The quantitative estimate of drug-likeness (QED) is 0.888. The summed E-state index contributed by atoms with van der Waals surface area (Å²) < 4.78 is 10.7. The maximum Gasteiger partial charge on any atom is 0.345 e. The predicted octanol–water partition coefficient (Wildman–Crippen LogP) is 3.42. The molecule has 0 aliphatic rings. The molecule has 0 heterocycles. The second kappa shape index (κ2) is 6.99. The lowest BCUT2D eigenvalue weighted by atomic mass is 10.1. The first-order valence-corrected chi connectivity index (χ1v) is 6.75. The third-order valence-electron chi connectivity index (χ3n) is 2.95. The van der Waals surface area contributed by atoms with E-state index in [1.165, 1.54) is 0 Å². The molecule has 2 aromatic rings. The molecule has 0 bridgehead atoms. The molecule has 2 aromatic carbocycles. The van der Waals surface area contributed by atoms with Crippen molar-refractivity contribution in [3.63, 3.8) is 0 Å². The summed E-state index contributed by atoms with van der Waals surface area (Å²) in [5.74, 6) is 0.0177. The summed E-state index contributed by atoms with van der Waals surface area (Å²) in [6, 6.07) is 13.9. The monoisotopic (exact) mass is 306 g/mol. The van der Waals surface area contributed by atoms with Crippen LogP contribution in [0.1, 0.15) is 5.56 Å². The fourth-order valence-electron chi connectivity index (χ4n) is 1.96. The van der Waals surface area contributed by atoms with Crippen LogP contribution in [-0.2, 0) is 11.2 Å². The SMILES string of the molecule is COc1ccccc1C[C@@H](Oc1cccc(Cl)c1)C(=O)O. The van der Waals surface area contributed by atoms with Crippen molar-refractivity contribution in [3.05, 3.63) is 59.1 Å². The fraction of sp³-hybridized carbons (Fsp3) is 0.188. The first kappa shape index (κ1) is 15.2. The van der Waals surface area contributed by atoms with Crippen LogP contribution in [0.25, 0.3) is 0 Å². The first-order valence-electron chi connectivity index (χ1n) is 6.37. The van der Waals surface area contributed by atoms with E-state index in [-0.39, 0.29) is 6.42 Å². The molecule has 0 saturated carbocycles. The topological polar surface area (TPSA) is 55.8 Å². The normalized spacial score (nSPS) is 11.7. The number of aliphatic carboxylic acids is 1. The Hall–Kier alpha value is -2.20. The van der Waals surface area contributed by atoms with E-state index in [0.717, 1.165) is 5.56 Å². The van der Waals surface area contributed by atoms with E-state index in [2.05, 4.69) is 0 Å². The highest BCUT2D eigenvalue weighted by Crippen LogP contribution is 2.23. The molecule has 0 amide bonds. The van der Waals surface area contributed by atoms with Gasteiger partial charge in [0.05, 0.1) is 7.11 Å². The van der Waals surface area contributed by atoms with Gasteiger partial charge < -0.3 is 14.6 Å². The highest BCUT2D eigenvalue weighted by Gasteiger charge is 2.21. The zero-order valence-corrected chi connectivity index (χ0v) is 12.2. The summed E-state index contributed by atoms with van der Waals surface area (Å²) in [7, 11) is 1.55. The van der Waals surface area contributed by atoms with Crippen molar-refractivity contribution in [2.75, 3.05) is 7.11 Å². The van der Waals surface area contributed by atoms with E-state index in [9.17, 15) is 9.90 Å². The van der Waals surface area contributed by atoms with Gasteiger partial charge in [-0.25, -0.2) is 4.79 Å². The molecular formula is C16H15ClO4. The van der Waals surface area contributed by atoms with Crippen molar-refractivity contribution in [3.8, 4) is 11.5 Å². The van der Waals surface area contributed by atoms with Gasteiger partial charge in [0.2, 0.25) is 0 Å². The fourth-order valence-corrected chi connectivity index (χ4v) is 2.14. The lowest BCUT2D eigenvalue weighted by molar-refractivity contribution is -0.145. The summed E-state index contributed by atoms with van der Waals surface area (Å²) >= 11 is 5.87. The van der Waals surface area contributed by atoms with Crippen molar-refractivity contribution < 1.29 is 19.4 Å². The molecule has 0 aromatic heterocycles. The van der Waals surface area contributed by atoms with Crippen molar-refractivity contribution in [1.29, 1.82) is 0 Å². The number of carboxylic acids is 1. The Kier molecular flexibility index (Phi) is 5.06. The summed E-state index contributed by atoms with van der Waals surface area (Å²) in [4.78, 5) is 11.4. The van der Waals surface area contributed by atoms with Crippen LogP contribution in [0.3, 0.4) is 0 Å². The van der Waals surface area contributed by atoms with Crippen LogP contribution < -0.4 is 9.47 Å². The average molecular weight is 307 g/mol. The number of methoxy groups -OCH3 is 1. The van der Waals surface area contributed by atoms with Gasteiger partial charge in [0.25, 0.3) is 0 Å². The molecule has 0 spiro atoms. The summed E-state index contributed by atoms with van der Waals surface area (Å²) in [5, 5.41) is 9.82. The van der Waals surface area contributed by atoms with E-state index in [0.29, 0.717) is 16.5 Å². The van der Waals surface area contributed by atoms with Crippen LogP contribution in [0.2, 0.25) is 5.02 Å². The molecule has 0 radical (unpaired) electrons. The molecule has 0 aliphatic heterocycles. The third-order valence-corrected chi connectivity index (χ3v) is 3.18. The van der Waals surface area contributed by atoms with E-state index in [1.54, 1.807) is 37.4 Å². The molecule has 0 aliphatic carbocycles. The van der Waals surface area contributed by atoms with Gasteiger partial charge in [0.1, 0.15) is 11.5 Å². The summed E-state index contributed by atoms with van der Waals surface area (Å²) in [6.45, 7) is 0. The molecule has 4 nitrogen and oxygen atoms in total. The van der Waals surface area contributed by atoms with E-state index < -0.39 is 12.1 Å². The number of hydrogen-bond donors (Lipinski definition) is 1. The molecular weight excluding hydrogens is 292 g/mol. The molecule has 1 N–H and O–H groups in total. The Labute approximate surface area is 127 Å². The van der Waals surface area contributed by atoms with E-state index in [1.807, 2.05) is 18.2 Å².